The number of aromatic nitrogens is 4. The quantitative estimate of drug-likeness (QED) is 0.552. The Bertz CT molecular complexity index is 1200. The molecule has 1 aromatic carbocycles. The molecular weight excluding hydrogens is 378 g/mol. The third-order valence-electron chi connectivity index (χ3n) is 5.43. The average molecular weight is 399 g/mol. The number of para-hydroxylation sites is 1. The Morgan fingerprint density at radius 3 is 2.77 bits per heavy atom. The predicted octanol–water partition coefficient (Wildman–Crippen LogP) is 3.53. The Labute approximate surface area is 173 Å². The number of benzene rings is 1. The lowest BCUT2D eigenvalue weighted by molar-refractivity contribution is 0.0954. The van der Waals surface area contributed by atoms with Crippen LogP contribution < -0.4 is 5.32 Å². The number of hydrogen-bond donors (Lipinski definition) is 1. The van der Waals surface area contributed by atoms with Crippen molar-refractivity contribution in [1.82, 2.24) is 25.4 Å². The Balaban J connectivity index is 1.33. The molecular formula is C23H21N5O2. The van der Waals surface area contributed by atoms with Crippen molar-refractivity contribution in [2.75, 3.05) is 6.54 Å². The molecule has 0 saturated carbocycles. The van der Waals surface area contributed by atoms with Gasteiger partial charge < -0.3 is 9.84 Å². The number of nitrogens with one attached hydrogen (secondary N) is 1. The third kappa shape index (κ3) is 3.54. The van der Waals surface area contributed by atoms with E-state index < -0.39 is 0 Å². The van der Waals surface area contributed by atoms with E-state index in [1.54, 1.807) is 12.4 Å². The van der Waals surface area contributed by atoms with E-state index in [1.807, 2.05) is 36.4 Å². The first-order valence-electron chi connectivity index (χ1n) is 10.2. The summed E-state index contributed by atoms with van der Waals surface area (Å²) >= 11 is 0. The molecule has 0 bridgehead atoms. The second kappa shape index (κ2) is 8.02. The summed E-state index contributed by atoms with van der Waals surface area (Å²) in [4.78, 5) is 26.3. The molecule has 30 heavy (non-hydrogen) atoms. The summed E-state index contributed by atoms with van der Waals surface area (Å²) in [5.74, 6) is 0.946. The fourth-order valence-corrected chi connectivity index (χ4v) is 3.98. The number of amides is 1. The van der Waals surface area contributed by atoms with Crippen molar-refractivity contribution in [3.05, 3.63) is 71.4 Å². The number of hydrogen-bond acceptors (Lipinski definition) is 6. The van der Waals surface area contributed by atoms with Gasteiger partial charge in [-0.1, -0.05) is 23.4 Å². The lowest BCUT2D eigenvalue weighted by Gasteiger charge is -2.20. The molecule has 1 N–H and O–H groups in total. The number of rotatable bonds is 5. The summed E-state index contributed by atoms with van der Waals surface area (Å²) in [5, 5.41) is 7.97. The maximum Gasteiger partial charge on any atom is 0.258 e. The molecule has 0 aliphatic heterocycles. The van der Waals surface area contributed by atoms with Crippen molar-refractivity contribution >= 4 is 16.8 Å². The Hall–Kier alpha value is -3.61. The minimum Gasteiger partial charge on any atom is -0.352 e. The summed E-state index contributed by atoms with van der Waals surface area (Å²) in [7, 11) is 0. The zero-order valence-corrected chi connectivity index (χ0v) is 16.5. The highest BCUT2D eigenvalue weighted by Crippen LogP contribution is 2.29. The van der Waals surface area contributed by atoms with Crippen LogP contribution in [0.3, 0.4) is 0 Å². The highest BCUT2D eigenvalue weighted by atomic mass is 16.5. The van der Waals surface area contributed by atoms with Gasteiger partial charge in [-0.25, -0.2) is 0 Å². The Kier molecular flexibility index (Phi) is 4.93. The summed E-state index contributed by atoms with van der Waals surface area (Å²) in [6, 6.07) is 11.5. The van der Waals surface area contributed by atoms with E-state index in [9.17, 15) is 4.79 Å². The number of nitrogens with zero attached hydrogens (tertiary/aromatic N) is 4. The molecule has 1 aliphatic rings. The molecule has 1 amide bonds. The average Bonchev–Trinajstić information content (AvgIpc) is 3.27. The van der Waals surface area contributed by atoms with Gasteiger partial charge in [0.25, 0.3) is 11.8 Å². The van der Waals surface area contributed by atoms with Crippen molar-refractivity contribution in [3.63, 3.8) is 0 Å². The third-order valence-corrected chi connectivity index (χ3v) is 5.43. The van der Waals surface area contributed by atoms with Gasteiger partial charge in [0.05, 0.1) is 11.1 Å². The van der Waals surface area contributed by atoms with Gasteiger partial charge in [-0.2, -0.15) is 4.98 Å². The largest absolute Gasteiger partial charge is 0.352 e. The molecule has 7 nitrogen and oxygen atoms in total. The summed E-state index contributed by atoms with van der Waals surface area (Å²) in [5.41, 5.74) is 4.62. The fourth-order valence-electron chi connectivity index (χ4n) is 3.98. The topological polar surface area (TPSA) is 93.8 Å². The molecule has 0 saturated heterocycles. The van der Waals surface area contributed by atoms with E-state index in [0.29, 0.717) is 24.7 Å². The van der Waals surface area contributed by atoms with Gasteiger partial charge >= 0.3 is 0 Å². The van der Waals surface area contributed by atoms with Crippen LogP contribution in [0.15, 0.2) is 53.3 Å². The van der Waals surface area contributed by atoms with Crippen LogP contribution in [0.5, 0.6) is 0 Å². The Morgan fingerprint density at radius 1 is 1.03 bits per heavy atom. The maximum atomic E-state index is 13.1. The summed E-state index contributed by atoms with van der Waals surface area (Å²) < 4.78 is 5.32. The van der Waals surface area contributed by atoms with Crippen LogP contribution in [0.1, 0.15) is 40.3 Å². The molecule has 3 heterocycles. The van der Waals surface area contributed by atoms with Gasteiger partial charge in [0.1, 0.15) is 0 Å². The van der Waals surface area contributed by atoms with Crippen LogP contribution in [0, 0.1) is 0 Å². The first-order valence-corrected chi connectivity index (χ1v) is 10.2. The molecule has 1 aliphatic carbocycles. The molecule has 3 aromatic heterocycles. The number of pyridine rings is 2. The van der Waals surface area contributed by atoms with Crippen molar-refractivity contribution < 1.29 is 9.32 Å². The van der Waals surface area contributed by atoms with Crippen LogP contribution in [0.2, 0.25) is 0 Å². The molecule has 4 aromatic rings. The SMILES string of the molecule is O=C(NCCc1noc(-c2ccncc2)n1)c1c2c(nc3ccccc13)CCCC2. The van der Waals surface area contributed by atoms with Crippen molar-refractivity contribution in [2.24, 2.45) is 0 Å². The van der Waals surface area contributed by atoms with E-state index in [1.165, 1.54) is 0 Å². The standard InChI is InChI=1S/C23H21N5O2/c29-22(25-14-11-20-27-23(30-28-20)15-9-12-24-13-10-15)21-16-5-1-3-7-18(16)26-19-8-4-2-6-17(19)21/h1,3,5,7,9-10,12-13H,2,4,6,8,11,14H2,(H,25,29). The molecule has 0 fully saturated rings. The van der Waals surface area contributed by atoms with Gasteiger partial charge in [0, 0.05) is 42.0 Å². The molecule has 150 valence electrons. The summed E-state index contributed by atoms with van der Waals surface area (Å²) in [6.45, 7) is 0.430. The smallest absolute Gasteiger partial charge is 0.258 e. The summed E-state index contributed by atoms with van der Waals surface area (Å²) in [6.07, 6.45) is 7.89. The second-order valence-corrected chi connectivity index (χ2v) is 7.39. The number of aryl methyl sites for hydroxylation is 1. The van der Waals surface area contributed by atoms with Crippen molar-refractivity contribution in [2.45, 2.75) is 32.1 Å². The maximum absolute atomic E-state index is 13.1. The molecule has 0 unspecified atom stereocenters. The van der Waals surface area contributed by atoms with Gasteiger partial charge in [-0.3, -0.25) is 14.8 Å². The fraction of sp³-hybridized carbons (Fsp3) is 0.261. The van der Waals surface area contributed by atoms with Gasteiger partial charge in [-0.15, -0.1) is 0 Å². The van der Waals surface area contributed by atoms with E-state index in [4.69, 9.17) is 9.51 Å². The van der Waals surface area contributed by atoms with Crippen LogP contribution in [-0.2, 0) is 19.3 Å². The lowest BCUT2D eigenvalue weighted by Crippen LogP contribution is -2.28. The van der Waals surface area contributed by atoms with Gasteiger partial charge in [0.2, 0.25) is 0 Å². The lowest BCUT2D eigenvalue weighted by atomic mass is 9.89. The van der Waals surface area contributed by atoms with E-state index in [2.05, 4.69) is 20.4 Å². The first-order chi connectivity index (χ1) is 14.8. The van der Waals surface area contributed by atoms with Gasteiger partial charge in [0.15, 0.2) is 5.82 Å². The normalized spacial score (nSPS) is 13.2. The van der Waals surface area contributed by atoms with Crippen LogP contribution in [0.4, 0.5) is 0 Å². The Morgan fingerprint density at radius 2 is 1.87 bits per heavy atom. The minimum atomic E-state index is -0.0652. The molecule has 0 atom stereocenters. The monoisotopic (exact) mass is 399 g/mol. The number of carbonyl (C=O) groups is 1. The molecule has 0 radical (unpaired) electrons. The molecule has 5 rings (SSSR count). The minimum absolute atomic E-state index is 0.0652. The molecule has 0 spiro atoms. The first kappa shape index (κ1) is 18.4. The zero-order chi connectivity index (χ0) is 20.3. The van der Waals surface area contributed by atoms with Crippen molar-refractivity contribution in [1.29, 1.82) is 0 Å². The highest BCUT2D eigenvalue weighted by molar-refractivity contribution is 6.07. The van der Waals surface area contributed by atoms with E-state index in [-0.39, 0.29) is 5.91 Å². The van der Waals surface area contributed by atoms with Crippen LogP contribution in [0.25, 0.3) is 22.4 Å². The van der Waals surface area contributed by atoms with E-state index >= 15 is 0 Å². The zero-order valence-electron chi connectivity index (χ0n) is 16.5. The van der Waals surface area contributed by atoms with Crippen molar-refractivity contribution in [3.8, 4) is 11.5 Å². The van der Waals surface area contributed by atoms with E-state index in [0.717, 1.165) is 59.0 Å². The van der Waals surface area contributed by atoms with Crippen LogP contribution >= 0.6 is 0 Å². The molecule has 7 heteroatoms. The second-order valence-electron chi connectivity index (χ2n) is 7.39. The van der Waals surface area contributed by atoms with Crippen LogP contribution in [-0.4, -0.2) is 32.6 Å². The van der Waals surface area contributed by atoms with Gasteiger partial charge in [-0.05, 0) is 49.4 Å². The number of carbonyl (C=O) groups excluding carboxylic acids is 1. The highest BCUT2D eigenvalue weighted by Gasteiger charge is 2.22. The predicted molar refractivity (Wildman–Crippen MR) is 112 cm³/mol. The number of fused-ring (bicyclic) bond motifs is 2.